The van der Waals surface area contributed by atoms with Gasteiger partial charge in [0.25, 0.3) is 5.91 Å². The summed E-state index contributed by atoms with van der Waals surface area (Å²) in [7, 11) is 0. The van der Waals surface area contributed by atoms with Gasteiger partial charge >= 0.3 is 0 Å². The van der Waals surface area contributed by atoms with E-state index in [4.69, 9.17) is 4.74 Å². The molecule has 136 valence electrons. The van der Waals surface area contributed by atoms with Crippen molar-refractivity contribution in [2.75, 3.05) is 0 Å². The first-order valence-electron chi connectivity index (χ1n) is 10.0. The second kappa shape index (κ2) is 6.34. The zero-order chi connectivity index (χ0) is 17.6. The molecule has 0 saturated heterocycles. The van der Waals surface area contributed by atoms with E-state index in [1.807, 2.05) is 19.1 Å². The molecule has 3 heteroatoms. The fourth-order valence-electron chi connectivity index (χ4n) is 5.88. The first kappa shape index (κ1) is 16.9. The lowest BCUT2D eigenvalue weighted by atomic mass is 9.53. The van der Waals surface area contributed by atoms with Gasteiger partial charge in [-0.15, -0.1) is 0 Å². The van der Waals surface area contributed by atoms with E-state index >= 15 is 0 Å². The Balaban J connectivity index is 1.44. The minimum Gasteiger partial charge on any atom is -0.481 e. The van der Waals surface area contributed by atoms with Gasteiger partial charge in [-0.1, -0.05) is 13.0 Å². The molecular formula is C22H31NO2. The monoisotopic (exact) mass is 341 g/mol. The smallest absolute Gasteiger partial charge is 0.261 e. The van der Waals surface area contributed by atoms with Crippen molar-refractivity contribution in [2.24, 2.45) is 17.8 Å². The largest absolute Gasteiger partial charge is 0.481 e. The fourth-order valence-corrected chi connectivity index (χ4v) is 5.88. The van der Waals surface area contributed by atoms with Gasteiger partial charge in [-0.3, -0.25) is 4.79 Å². The maximum atomic E-state index is 13.0. The molecule has 1 N–H and O–H groups in total. The van der Waals surface area contributed by atoms with Gasteiger partial charge in [0.15, 0.2) is 6.10 Å². The number of carbonyl (C=O) groups excluding carboxylic acids is 1. The summed E-state index contributed by atoms with van der Waals surface area (Å²) in [5.41, 5.74) is 2.51. The number of nitrogens with one attached hydrogen (secondary N) is 1. The van der Waals surface area contributed by atoms with E-state index < -0.39 is 6.10 Å². The molecule has 3 nitrogen and oxygen atoms in total. The Labute approximate surface area is 151 Å². The number of amides is 1. The van der Waals surface area contributed by atoms with Crippen LogP contribution in [-0.4, -0.2) is 17.6 Å². The maximum absolute atomic E-state index is 13.0. The second-order valence-corrected chi connectivity index (χ2v) is 8.95. The summed E-state index contributed by atoms with van der Waals surface area (Å²) in [4.78, 5) is 13.0. The molecule has 0 aliphatic heterocycles. The molecule has 0 heterocycles. The van der Waals surface area contributed by atoms with Gasteiger partial charge in [0, 0.05) is 5.54 Å². The number of benzene rings is 1. The molecule has 4 aliphatic carbocycles. The highest BCUT2D eigenvalue weighted by Crippen LogP contribution is 2.55. The van der Waals surface area contributed by atoms with Crippen molar-refractivity contribution in [1.29, 1.82) is 0 Å². The van der Waals surface area contributed by atoms with Crippen molar-refractivity contribution in [3.63, 3.8) is 0 Å². The van der Waals surface area contributed by atoms with Crippen LogP contribution in [-0.2, 0) is 4.79 Å². The molecule has 4 bridgehead atoms. The average molecular weight is 341 g/mol. The Bertz CT molecular complexity index is 631. The van der Waals surface area contributed by atoms with Crippen molar-refractivity contribution in [2.45, 2.75) is 77.4 Å². The van der Waals surface area contributed by atoms with Crippen LogP contribution in [0.15, 0.2) is 18.2 Å². The molecular weight excluding hydrogens is 310 g/mol. The first-order chi connectivity index (χ1) is 12.0. The average Bonchev–Trinajstić information content (AvgIpc) is 2.54. The topological polar surface area (TPSA) is 38.3 Å². The Morgan fingerprint density at radius 1 is 1.12 bits per heavy atom. The lowest BCUT2D eigenvalue weighted by Crippen LogP contribution is -2.61. The fraction of sp³-hybridized carbons (Fsp3) is 0.682. The van der Waals surface area contributed by atoms with Crippen molar-refractivity contribution in [1.82, 2.24) is 5.32 Å². The molecule has 0 aromatic heterocycles. The molecule has 25 heavy (non-hydrogen) atoms. The Kier molecular flexibility index (Phi) is 4.29. The zero-order valence-corrected chi connectivity index (χ0v) is 15.8. The number of hydrogen-bond acceptors (Lipinski definition) is 2. The lowest BCUT2D eigenvalue weighted by molar-refractivity contribution is -0.134. The summed E-state index contributed by atoms with van der Waals surface area (Å²) < 4.78 is 6.06. The minimum atomic E-state index is -0.393. The maximum Gasteiger partial charge on any atom is 0.261 e. The Hall–Kier alpha value is -1.51. The van der Waals surface area contributed by atoms with Gasteiger partial charge in [-0.05, 0) is 99.8 Å². The third-order valence-electron chi connectivity index (χ3n) is 6.85. The summed E-state index contributed by atoms with van der Waals surface area (Å²) in [5.74, 6) is 3.41. The highest BCUT2D eigenvalue weighted by atomic mass is 16.5. The summed E-state index contributed by atoms with van der Waals surface area (Å²) in [6.07, 6.45) is 8.05. The van der Waals surface area contributed by atoms with E-state index in [1.54, 1.807) is 0 Å². The van der Waals surface area contributed by atoms with Crippen LogP contribution in [0.2, 0.25) is 0 Å². The molecule has 0 unspecified atom stereocenters. The predicted octanol–water partition coefficient (Wildman–Crippen LogP) is 4.55. The van der Waals surface area contributed by atoms with E-state index in [0.717, 1.165) is 23.5 Å². The molecule has 1 amide bonds. The molecule has 0 spiro atoms. The Morgan fingerprint density at radius 2 is 1.72 bits per heavy atom. The van der Waals surface area contributed by atoms with Crippen LogP contribution in [0.5, 0.6) is 5.75 Å². The van der Waals surface area contributed by atoms with Gasteiger partial charge in [0.2, 0.25) is 0 Å². The number of carbonyl (C=O) groups is 1. The third-order valence-corrected chi connectivity index (χ3v) is 6.85. The standard InChI is InChI=1S/C22H31NO2/c1-4-20(25-19-6-5-14(2)15(3)7-19)21(24)23-22-11-16-8-17(12-22)10-18(9-16)13-22/h5-7,16-18,20H,4,8-13H2,1-3H3,(H,23,24)/t16?,17?,18?,20-,22?/m1/s1. The number of hydrogen-bond donors (Lipinski definition) is 1. The van der Waals surface area contributed by atoms with Crippen LogP contribution in [0.3, 0.4) is 0 Å². The Morgan fingerprint density at radius 3 is 2.24 bits per heavy atom. The van der Waals surface area contributed by atoms with Crippen molar-refractivity contribution in [3.05, 3.63) is 29.3 Å². The lowest BCUT2D eigenvalue weighted by Gasteiger charge is -2.57. The number of ether oxygens (including phenoxy) is 1. The van der Waals surface area contributed by atoms with Gasteiger partial charge in [0.05, 0.1) is 0 Å². The second-order valence-electron chi connectivity index (χ2n) is 8.95. The molecule has 5 rings (SSSR count). The van der Waals surface area contributed by atoms with Crippen molar-refractivity contribution >= 4 is 5.91 Å². The molecule has 1 aromatic carbocycles. The summed E-state index contributed by atoms with van der Waals surface area (Å²) >= 11 is 0. The summed E-state index contributed by atoms with van der Waals surface area (Å²) in [6, 6.07) is 6.08. The number of rotatable bonds is 5. The first-order valence-corrected chi connectivity index (χ1v) is 10.0. The predicted molar refractivity (Wildman–Crippen MR) is 99.7 cm³/mol. The zero-order valence-electron chi connectivity index (χ0n) is 15.8. The normalized spacial score (nSPS) is 34.0. The summed E-state index contributed by atoms with van der Waals surface area (Å²) in [5, 5.41) is 3.46. The van der Waals surface area contributed by atoms with Crippen LogP contribution in [0.1, 0.15) is 63.0 Å². The quantitative estimate of drug-likeness (QED) is 0.853. The van der Waals surface area contributed by atoms with Crippen molar-refractivity contribution < 1.29 is 9.53 Å². The third kappa shape index (κ3) is 3.30. The number of aryl methyl sites for hydroxylation is 2. The van der Waals surface area contributed by atoms with E-state index in [9.17, 15) is 4.79 Å². The SMILES string of the molecule is CC[C@@H](Oc1ccc(C)c(C)c1)C(=O)NC12CC3CC(CC(C3)C1)C2. The molecule has 0 radical (unpaired) electrons. The summed E-state index contributed by atoms with van der Waals surface area (Å²) in [6.45, 7) is 6.21. The van der Waals surface area contributed by atoms with Crippen LogP contribution in [0.4, 0.5) is 0 Å². The van der Waals surface area contributed by atoms with Gasteiger partial charge in [0.1, 0.15) is 5.75 Å². The highest BCUT2D eigenvalue weighted by Gasteiger charge is 2.51. The molecule has 4 fully saturated rings. The molecule has 1 aromatic rings. The van der Waals surface area contributed by atoms with Gasteiger partial charge in [-0.25, -0.2) is 0 Å². The molecule has 4 aliphatic rings. The van der Waals surface area contributed by atoms with Gasteiger partial charge in [-0.2, -0.15) is 0 Å². The molecule has 4 saturated carbocycles. The van der Waals surface area contributed by atoms with Gasteiger partial charge < -0.3 is 10.1 Å². The highest BCUT2D eigenvalue weighted by molar-refractivity contribution is 5.82. The minimum absolute atomic E-state index is 0.0613. The van der Waals surface area contributed by atoms with E-state index in [2.05, 4.69) is 25.2 Å². The van der Waals surface area contributed by atoms with Crippen LogP contribution in [0, 0.1) is 31.6 Å². The van der Waals surface area contributed by atoms with Crippen LogP contribution < -0.4 is 10.1 Å². The van der Waals surface area contributed by atoms with Crippen LogP contribution >= 0.6 is 0 Å². The van der Waals surface area contributed by atoms with E-state index in [0.29, 0.717) is 6.42 Å². The van der Waals surface area contributed by atoms with E-state index in [-0.39, 0.29) is 11.4 Å². The molecule has 1 atom stereocenters. The van der Waals surface area contributed by atoms with E-state index in [1.165, 1.54) is 49.7 Å². The van der Waals surface area contributed by atoms with Crippen molar-refractivity contribution in [3.8, 4) is 5.75 Å². The van der Waals surface area contributed by atoms with Crippen LogP contribution in [0.25, 0.3) is 0 Å².